The van der Waals surface area contributed by atoms with Crippen LogP contribution in [-0.2, 0) is 4.79 Å². The number of rotatable bonds is 9. The maximum absolute atomic E-state index is 12.8. The van der Waals surface area contributed by atoms with Crippen molar-refractivity contribution in [1.82, 2.24) is 20.2 Å². The average molecular weight is 453 g/mol. The fraction of sp³-hybridized carbons (Fsp3) is 0.480. The third kappa shape index (κ3) is 6.44. The molecule has 3 N–H and O–H groups in total. The molecule has 1 saturated heterocycles. The van der Waals surface area contributed by atoms with E-state index in [9.17, 15) is 9.59 Å². The molecule has 1 aliphatic rings. The van der Waals surface area contributed by atoms with Gasteiger partial charge in [0, 0.05) is 69.3 Å². The molecule has 1 amide bonds. The Kier molecular flexibility index (Phi) is 8.65. The Morgan fingerprint density at radius 1 is 1.36 bits per heavy atom. The lowest BCUT2D eigenvalue weighted by Gasteiger charge is -2.39. The molecule has 0 bridgehead atoms. The highest BCUT2D eigenvalue weighted by Gasteiger charge is 2.28. The Balaban J connectivity index is 1.78. The quantitative estimate of drug-likeness (QED) is 0.507. The largest absolute Gasteiger partial charge is 0.373 e. The third-order valence-corrected chi connectivity index (χ3v) is 5.94. The van der Waals surface area contributed by atoms with Gasteiger partial charge < -0.3 is 25.4 Å². The fourth-order valence-electron chi connectivity index (χ4n) is 4.20. The zero-order valence-corrected chi connectivity index (χ0v) is 20.1. The number of anilines is 2. The summed E-state index contributed by atoms with van der Waals surface area (Å²) in [4.78, 5) is 36.7. The summed E-state index contributed by atoms with van der Waals surface area (Å²) in [5.41, 5.74) is 2.41. The molecule has 3 heterocycles. The first-order valence-electron chi connectivity index (χ1n) is 11.7. The number of carbonyl (C=O) groups excluding carboxylic acids is 1. The molecule has 33 heavy (non-hydrogen) atoms. The Bertz CT molecular complexity index is 1020. The van der Waals surface area contributed by atoms with Gasteiger partial charge in [0.15, 0.2) is 0 Å². The SMILES string of the molecule is CCN(c1cc(-c2ccnc(NC)c2)c[nH]c1=O)[C@@H]1CCCN(C(=O)/C=C/CNC(C)C)C1. The van der Waals surface area contributed by atoms with Crippen LogP contribution < -0.4 is 21.1 Å². The van der Waals surface area contributed by atoms with E-state index < -0.39 is 0 Å². The monoisotopic (exact) mass is 452 g/mol. The number of carbonyl (C=O) groups is 1. The first-order valence-corrected chi connectivity index (χ1v) is 11.7. The summed E-state index contributed by atoms with van der Waals surface area (Å²) in [6, 6.07) is 6.30. The van der Waals surface area contributed by atoms with Crippen LogP contribution in [0.25, 0.3) is 11.1 Å². The zero-order chi connectivity index (χ0) is 23.8. The molecule has 1 fully saturated rings. The number of aromatic nitrogens is 2. The highest BCUT2D eigenvalue weighted by atomic mass is 16.2. The standard InChI is InChI=1S/C25H36N6O2/c1-5-31(21-8-7-13-30(17-21)24(32)9-6-11-27-18(2)3)22-14-20(16-29-25(22)33)19-10-12-28-23(15-19)26-4/h6,9-10,12,14-16,18,21,27H,5,7-8,11,13,17H2,1-4H3,(H,26,28)(H,29,33)/b9-6+/t21-/m1/s1. The molecule has 0 saturated carbocycles. The van der Waals surface area contributed by atoms with Gasteiger partial charge >= 0.3 is 0 Å². The molecule has 2 aromatic heterocycles. The Hall–Kier alpha value is -3.13. The number of amides is 1. The highest BCUT2D eigenvalue weighted by molar-refractivity contribution is 5.87. The Morgan fingerprint density at radius 2 is 2.18 bits per heavy atom. The summed E-state index contributed by atoms with van der Waals surface area (Å²) in [5.74, 6) is 0.797. The van der Waals surface area contributed by atoms with E-state index in [4.69, 9.17) is 0 Å². The highest BCUT2D eigenvalue weighted by Crippen LogP contribution is 2.26. The minimum Gasteiger partial charge on any atom is -0.373 e. The molecule has 8 heteroatoms. The van der Waals surface area contributed by atoms with Crippen molar-refractivity contribution in [2.45, 2.75) is 45.7 Å². The van der Waals surface area contributed by atoms with Gasteiger partial charge in [-0.3, -0.25) is 9.59 Å². The molecular formula is C25H36N6O2. The molecule has 1 aliphatic heterocycles. The second kappa shape index (κ2) is 11.7. The van der Waals surface area contributed by atoms with Crippen LogP contribution in [0.5, 0.6) is 0 Å². The third-order valence-electron chi connectivity index (χ3n) is 5.94. The predicted octanol–water partition coefficient (Wildman–Crippen LogP) is 2.85. The molecule has 1 atom stereocenters. The summed E-state index contributed by atoms with van der Waals surface area (Å²) < 4.78 is 0. The topological polar surface area (TPSA) is 93.4 Å². The number of nitrogens with one attached hydrogen (secondary N) is 3. The van der Waals surface area contributed by atoms with Gasteiger partial charge in [-0.2, -0.15) is 0 Å². The van der Waals surface area contributed by atoms with Crippen molar-refractivity contribution in [2.75, 3.05) is 43.4 Å². The van der Waals surface area contributed by atoms with E-state index in [-0.39, 0.29) is 17.5 Å². The normalized spacial score (nSPS) is 16.4. The lowest BCUT2D eigenvalue weighted by Crippen LogP contribution is -2.50. The van der Waals surface area contributed by atoms with Crippen LogP contribution >= 0.6 is 0 Å². The second-order valence-electron chi connectivity index (χ2n) is 8.61. The van der Waals surface area contributed by atoms with Crippen LogP contribution in [0.1, 0.15) is 33.6 Å². The number of pyridine rings is 2. The van der Waals surface area contributed by atoms with Gasteiger partial charge in [-0.05, 0) is 43.5 Å². The van der Waals surface area contributed by atoms with E-state index in [1.54, 1.807) is 18.5 Å². The smallest absolute Gasteiger partial charge is 0.271 e. The molecule has 0 aromatic carbocycles. The van der Waals surface area contributed by atoms with E-state index in [0.29, 0.717) is 31.4 Å². The average Bonchev–Trinajstić information content (AvgIpc) is 2.83. The van der Waals surface area contributed by atoms with E-state index in [1.165, 1.54) is 0 Å². The van der Waals surface area contributed by atoms with E-state index >= 15 is 0 Å². The van der Waals surface area contributed by atoms with E-state index in [2.05, 4.69) is 46.3 Å². The molecular weight excluding hydrogens is 416 g/mol. The Labute approximate surface area is 196 Å². The number of hydrogen-bond acceptors (Lipinski definition) is 6. The number of aromatic amines is 1. The summed E-state index contributed by atoms with van der Waals surface area (Å²) in [5, 5.41) is 6.33. The molecule has 178 valence electrons. The first kappa shape index (κ1) is 24.5. The van der Waals surface area contributed by atoms with Gasteiger partial charge in [0.25, 0.3) is 5.56 Å². The molecule has 2 aromatic rings. The summed E-state index contributed by atoms with van der Waals surface area (Å²) in [6.45, 7) is 8.92. The second-order valence-corrected chi connectivity index (χ2v) is 8.61. The summed E-state index contributed by atoms with van der Waals surface area (Å²) >= 11 is 0. The van der Waals surface area contributed by atoms with Gasteiger partial charge in [0.1, 0.15) is 11.5 Å². The van der Waals surface area contributed by atoms with Gasteiger partial charge in [0.05, 0.1) is 0 Å². The summed E-state index contributed by atoms with van der Waals surface area (Å²) in [6.07, 6.45) is 8.88. The van der Waals surface area contributed by atoms with Gasteiger partial charge in [0.2, 0.25) is 5.91 Å². The Morgan fingerprint density at radius 3 is 2.91 bits per heavy atom. The van der Waals surface area contributed by atoms with Crippen molar-refractivity contribution in [1.29, 1.82) is 0 Å². The van der Waals surface area contributed by atoms with Crippen LogP contribution in [0.15, 0.2) is 47.5 Å². The molecule has 0 unspecified atom stereocenters. The molecule has 0 spiro atoms. The van der Waals surface area contributed by atoms with E-state index in [1.807, 2.05) is 36.2 Å². The van der Waals surface area contributed by atoms with Crippen LogP contribution in [0, 0.1) is 0 Å². The number of piperidine rings is 1. The first-order chi connectivity index (χ1) is 15.9. The fourth-order valence-corrected chi connectivity index (χ4v) is 4.20. The van der Waals surface area contributed by atoms with Crippen molar-refractivity contribution in [2.24, 2.45) is 0 Å². The maximum Gasteiger partial charge on any atom is 0.271 e. The number of hydrogen-bond donors (Lipinski definition) is 3. The lowest BCUT2D eigenvalue weighted by atomic mass is 10.0. The van der Waals surface area contributed by atoms with Crippen molar-refractivity contribution in [3.63, 3.8) is 0 Å². The van der Waals surface area contributed by atoms with Gasteiger partial charge in [-0.15, -0.1) is 0 Å². The number of H-pyrrole nitrogens is 1. The van der Waals surface area contributed by atoms with Crippen LogP contribution in [0.2, 0.25) is 0 Å². The van der Waals surface area contributed by atoms with Crippen molar-refractivity contribution in [3.05, 3.63) is 53.1 Å². The number of nitrogens with zero attached hydrogens (tertiary/aromatic N) is 3. The van der Waals surface area contributed by atoms with Crippen LogP contribution in [0.3, 0.4) is 0 Å². The van der Waals surface area contributed by atoms with Crippen molar-refractivity contribution in [3.8, 4) is 11.1 Å². The van der Waals surface area contributed by atoms with Gasteiger partial charge in [-0.25, -0.2) is 4.98 Å². The van der Waals surface area contributed by atoms with Crippen molar-refractivity contribution >= 4 is 17.4 Å². The molecule has 0 radical (unpaired) electrons. The predicted molar refractivity (Wildman–Crippen MR) is 135 cm³/mol. The maximum atomic E-state index is 12.8. The number of likely N-dealkylation sites (N-methyl/N-ethyl adjacent to an activating group) is 1. The minimum atomic E-state index is -0.119. The molecule has 8 nitrogen and oxygen atoms in total. The van der Waals surface area contributed by atoms with Crippen LogP contribution in [0.4, 0.5) is 11.5 Å². The lowest BCUT2D eigenvalue weighted by molar-refractivity contribution is -0.127. The minimum absolute atomic E-state index is 0.0281. The number of likely N-dealkylation sites (tertiary alicyclic amines) is 1. The van der Waals surface area contributed by atoms with Crippen LogP contribution in [-0.4, -0.2) is 66.1 Å². The van der Waals surface area contributed by atoms with Gasteiger partial charge in [-0.1, -0.05) is 19.9 Å². The van der Waals surface area contributed by atoms with E-state index in [0.717, 1.165) is 36.3 Å². The molecule has 3 rings (SSSR count). The molecule has 0 aliphatic carbocycles. The van der Waals surface area contributed by atoms with Crippen molar-refractivity contribution < 1.29 is 4.79 Å². The summed E-state index contributed by atoms with van der Waals surface area (Å²) in [7, 11) is 1.83. The zero-order valence-electron chi connectivity index (χ0n) is 20.1.